The minimum atomic E-state index is -0.760. The van der Waals surface area contributed by atoms with Gasteiger partial charge in [-0.05, 0) is 93.2 Å². The van der Waals surface area contributed by atoms with Gasteiger partial charge in [0.2, 0.25) is 11.6 Å². The van der Waals surface area contributed by atoms with E-state index in [9.17, 15) is 4.79 Å². The molecule has 2 aliphatic heterocycles. The zero-order valence-electron chi connectivity index (χ0n) is 21.1. The van der Waals surface area contributed by atoms with Crippen LogP contribution >= 0.6 is 0 Å². The zero-order valence-corrected chi connectivity index (χ0v) is 21.1. The minimum absolute atomic E-state index is 0.120. The van der Waals surface area contributed by atoms with Crippen LogP contribution in [0.3, 0.4) is 0 Å². The van der Waals surface area contributed by atoms with Crippen molar-refractivity contribution in [1.82, 2.24) is 4.90 Å². The van der Waals surface area contributed by atoms with Gasteiger partial charge in [0, 0.05) is 37.8 Å². The lowest BCUT2D eigenvalue weighted by Crippen LogP contribution is -2.59. The number of nitrogens with zero attached hydrogens (tertiary/aromatic N) is 1. The minimum Gasteiger partial charge on any atom is -0.490 e. The highest BCUT2D eigenvalue weighted by molar-refractivity contribution is 5.69. The van der Waals surface area contributed by atoms with E-state index < -0.39 is 17.5 Å². The van der Waals surface area contributed by atoms with E-state index in [-0.39, 0.29) is 12.6 Å². The number of benzene rings is 1. The molecule has 2 saturated heterocycles. The quantitative estimate of drug-likeness (QED) is 0.567. The Labute approximate surface area is 213 Å². The van der Waals surface area contributed by atoms with Gasteiger partial charge < -0.3 is 14.6 Å². The lowest BCUT2D eigenvalue weighted by atomic mass is 9.53. The monoisotopic (exact) mass is 497 g/mol. The molecule has 1 aromatic rings. The first-order chi connectivity index (χ1) is 17.5. The van der Waals surface area contributed by atoms with Gasteiger partial charge in [0.15, 0.2) is 0 Å². The first-order valence-corrected chi connectivity index (χ1v) is 14.3. The number of aliphatic carboxylic acids is 1. The summed E-state index contributed by atoms with van der Waals surface area (Å²) in [6.07, 6.45) is 12.2. The fraction of sp³-hybridized carbons (Fsp3) is 0.759. The van der Waals surface area contributed by atoms with Gasteiger partial charge in [0.25, 0.3) is 0 Å². The lowest BCUT2D eigenvalue weighted by Gasteiger charge is -2.57. The summed E-state index contributed by atoms with van der Waals surface area (Å²) < 4.78 is 13.1. The Bertz CT molecular complexity index is 934. The van der Waals surface area contributed by atoms with Crippen LogP contribution < -0.4 is 4.74 Å². The topological polar surface area (TPSA) is 77.5 Å². The molecule has 5 saturated carbocycles. The maximum atomic E-state index is 10.9. The van der Waals surface area contributed by atoms with Crippen LogP contribution in [0.4, 0.5) is 0 Å². The number of hydrogen-bond donors (Lipinski definition) is 1. The van der Waals surface area contributed by atoms with Crippen molar-refractivity contribution in [3.8, 4) is 5.75 Å². The van der Waals surface area contributed by atoms with Gasteiger partial charge in [0.05, 0.1) is 6.54 Å². The largest absolute Gasteiger partial charge is 0.490 e. The fourth-order valence-corrected chi connectivity index (χ4v) is 8.57. The summed E-state index contributed by atoms with van der Waals surface area (Å²) in [5.74, 6) is 2.43. The molecule has 5 aliphatic carbocycles. The molecule has 4 bridgehead atoms. The molecule has 1 N–H and O–H groups in total. The third kappa shape index (κ3) is 4.16. The van der Waals surface area contributed by atoms with Crippen LogP contribution in [0.5, 0.6) is 5.75 Å². The Morgan fingerprint density at radius 1 is 0.917 bits per heavy atom. The average Bonchev–Trinajstić information content (AvgIpc) is 3.24. The number of carboxylic acid groups (broad SMARTS) is 1. The van der Waals surface area contributed by atoms with E-state index in [1.807, 2.05) is 4.90 Å². The molecular formula is C29H39NO6. The lowest BCUT2D eigenvalue weighted by molar-refractivity contribution is -0.390. The number of rotatable bonds is 5. The number of carboxylic acids is 1. The normalized spacial score (nSPS) is 42.4. The number of piperidine rings is 1. The average molecular weight is 498 g/mol. The number of ether oxygens (including phenoxy) is 2. The highest BCUT2D eigenvalue weighted by Crippen LogP contribution is 2.64. The molecule has 2 spiro atoms. The van der Waals surface area contributed by atoms with Crippen molar-refractivity contribution in [2.24, 2.45) is 23.7 Å². The van der Waals surface area contributed by atoms with E-state index in [0.717, 1.165) is 69.2 Å². The smallest absolute Gasteiger partial charge is 0.317 e. The van der Waals surface area contributed by atoms with E-state index in [1.54, 1.807) is 0 Å². The number of hydrogen-bond acceptors (Lipinski definition) is 6. The second-order valence-corrected chi connectivity index (χ2v) is 12.5. The summed E-state index contributed by atoms with van der Waals surface area (Å²) in [4.78, 5) is 25.2. The van der Waals surface area contributed by atoms with Crippen molar-refractivity contribution in [2.45, 2.75) is 94.2 Å². The van der Waals surface area contributed by atoms with Gasteiger partial charge in [-0.1, -0.05) is 12.1 Å². The van der Waals surface area contributed by atoms with E-state index in [0.29, 0.717) is 17.8 Å². The molecular weight excluding hydrogens is 458 g/mol. The van der Waals surface area contributed by atoms with Crippen molar-refractivity contribution in [3.63, 3.8) is 0 Å². The first-order valence-electron chi connectivity index (χ1n) is 14.3. The van der Waals surface area contributed by atoms with Crippen LogP contribution in [0.2, 0.25) is 0 Å². The van der Waals surface area contributed by atoms with Gasteiger partial charge in [-0.2, -0.15) is 9.78 Å². The molecule has 36 heavy (non-hydrogen) atoms. The van der Waals surface area contributed by atoms with Gasteiger partial charge in [-0.15, -0.1) is 0 Å². The van der Waals surface area contributed by atoms with Crippen LogP contribution in [0.1, 0.15) is 82.1 Å². The third-order valence-electron chi connectivity index (χ3n) is 10.2. The molecule has 7 aliphatic rings. The van der Waals surface area contributed by atoms with Crippen LogP contribution in [0.15, 0.2) is 24.3 Å². The van der Waals surface area contributed by atoms with Crippen molar-refractivity contribution >= 4 is 5.97 Å². The van der Waals surface area contributed by atoms with Gasteiger partial charge in [-0.3, -0.25) is 9.69 Å². The Hall–Kier alpha value is -1.67. The molecule has 7 heteroatoms. The highest BCUT2D eigenvalue weighted by Gasteiger charge is 2.66. The van der Waals surface area contributed by atoms with Crippen molar-refractivity contribution < 1.29 is 29.1 Å². The zero-order chi connectivity index (χ0) is 24.3. The molecule has 7 fully saturated rings. The van der Waals surface area contributed by atoms with Gasteiger partial charge in [-0.25, -0.2) is 0 Å². The molecule has 8 rings (SSSR count). The number of carbonyl (C=O) groups is 1. The Balaban J connectivity index is 0.926. The van der Waals surface area contributed by atoms with Gasteiger partial charge >= 0.3 is 5.97 Å². The van der Waals surface area contributed by atoms with E-state index >= 15 is 0 Å². The molecule has 1 aromatic carbocycles. The van der Waals surface area contributed by atoms with Crippen LogP contribution in [-0.2, 0) is 19.3 Å². The summed E-state index contributed by atoms with van der Waals surface area (Å²) in [5, 5.41) is 8.97. The van der Waals surface area contributed by atoms with Crippen molar-refractivity contribution in [2.75, 3.05) is 19.6 Å². The highest BCUT2D eigenvalue weighted by atomic mass is 17.3. The molecule has 0 radical (unpaired) electrons. The molecule has 0 aromatic heterocycles. The van der Waals surface area contributed by atoms with Crippen molar-refractivity contribution in [1.29, 1.82) is 0 Å². The molecule has 196 valence electrons. The second-order valence-electron chi connectivity index (χ2n) is 12.5. The van der Waals surface area contributed by atoms with Crippen molar-refractivity contribution in [3.05, 3.63) is 29.8 Å². The predicted octanol–water partition coefficient (Wildman–Crippen LogP) is 5.10. The Kier molecular flexibility index (Phi) is 5.84. The predicted molar refractivity (Wildman–Crippen MR) is 131 cm³/mol. The van der Waals surface area contributed by atoms with Crippen LogP contribution in [0, 0.1) is 23.7 Å². The summed E-state index contributed by atoms with van der Waals surface area (Å²) in [6.45, 7) is 1.67. The van der Waals surface area contributed by atoms with E-state index in [1.165, 1.54) is 37.7 Å². The van der Waals surface area contributed by atoms with E-state index in [2.05, 4.69) is 24.3 Å². The summed E-state index contributed by atoms with van der Waals surface area (Å²) in [5.41, 5.74) is 1.36. The Morgan fingerprint density at radius 2 is 1.56 bits per heavy atom. The Morgan fingerprint density at radius 3 is 2.17 bits per heavy atom. The molecule has 0 amide bonds. The first kappa shape index (κ1) is 23.4. The fourth-order valence-electron chi connectivity index (χ4n) is 8.57. The molecule has 7 nitrogen and oxygen atoms in total. The van der Waals surface area contributed by atoms with Crippen LogP contribution in [0.25, 0.3) is 0 Å². The standard InChI is InChI=1S/C29H39NO6/c31-27(32)18-30-11-7-26(8-12-30)33-25-3-1-21(2-4-25)22-5-9-28(10-6-22)34-29(36-35-28)23-14-19-13-20(16-23)17-24(29)15-19/h1-4,19-20,22-24,26H,5-18H2,(H,31,32). The molecule has 2 heterocycles. The number of likely N-dealkylation sites (tertiary alicyclic amines) is 1. The molecule has 0 atom stereocenters. The second kappa shape index (κ2) is 8.97. The SMILES string of the molecule is O=C(O)CN1CCC(Oc2ccc(C3CCC4(CC3)OOC3(O4)C4CC5CC(C4)CC3C5)cc2)CC1. The molecule has 0 unspecified atom stereocenters. The maximum absolute atomic E-state index is 10.9. The summed E-state index contributed by atoms with van der Waals surface area (Å²) >= 11 is 0. The summed E-state index contributed by atoms with van der Waals surface area (Å²) in [7, 11) is 0. The van der Waals surface area contributed by atoms with Gasteiger partial charge in [0.1, 0.15) is 11.9 Å². The van der Waals surface area contributed by atoms with Crippen LogP contribution in [-0.4, -0.2) is 53.3 Å². The maximum Gasteiger partial charge on any atom is 0.317 e. The summed E-state index contributed by atoms with van der Waals surface area (Å²) in [6, 6.07) is 8.62. The van der Waals surface area contributed by atoms with E-state index in [4.69, 9.17) is 24.4 Å². The third-order valence-corrected chi connectivity index (χ3v) is 10.2.